The number of amides is 1. The Bertz CT molecular complexity index is 1140. The summed E-state index contributed by atoms with van der Waals surface area (Å²) in [6.45, 7) is 5.70. The second kappa shape index (κ2) is 8.90. The lowest BCUT2D eigenvalue weighted by molar-refractivity contribution is -0.133. The molecular weight excluding hydrogens is 444 g/mol. The van der Waals surface area contributed by atoms with Crippen molar-refractivity contribution in [2.45, 2.75) is 58.4 Å². The van der Waals surface area contributed by atoms with Crippen LogP contribution in [0.5, 0.6) is 0 Å². The summed E-state index contributed by atoms with van der Waals surface area (Å²) in [4.78, 5) is 26.1. The van der Waals surface area contributed by atoms with Crippen molar-refractivity contribution in [3.63, 3.8) is 0 Å². The Kier molecular flexibility index (Phi) is 5.81. The van der Waals surface area contributed by atoms with Gasteiger partial charge in [-0.15, -0.1) is 0 Å². The number of piperidine rings is 1. The quantitative estimate of drug-likeness (QED) is 0.578. The summed E-state index contributed by atoms with van der Waals surface area (Å²) in [5.74, 6) is 2.21. The highest BCUT2D eigenvalue weighted by atomic mass is 16.2. The first-order valence-corrected chi connectivity index (χ1v) is 13.8. The fraction of sp³-hybridized carbons (Fsp3) is 0.500. The number of hydrogen-bond acceptors (Lipinski definition) is 3. The predicted octanol–water partition coefficient (Wildman–Crippen LogP) is 5.81. The van der Waals surface area contributed by atoms with Crippen LogP contribution in [0.2, 0.25) is 0 Å². The van der Waals surface area contributed by atoms with Crippen molar-refractivity contribution in [3.8, 4) is 0 Å². The van der Waals surface area contributed by atoms with Gasteiger partial charge in [0.05, 0.1) is 6.04 Å². The van der Waals surface area contributed by atoms with Crippen LogP contribution in [0.4, 0.5) is 0 Å². The van der Waals surface area contributed by atoms with Gasteiger partial charge < -0.3 is 10.6 Å². The van der Waals surface area contributed by atoms with Gasteiger partial charge in [-0.2, -0.15) is 0 Å². The zero-order chi connectivity index (χ0) is 24.9. The second-order valence-corrected chi connectivity index (χ2v) is 12.1. The molecule has 0 spiro atoms. The van der Waals surface area contributed by atoms with E-state index in [2.05, 4.69) is 48.7 Å². The van der Waals surface area contributed by atoms with Gasteiger partial charge >= 0.3 is 0 Å². The number of rotatable bonds is 4. The molecule has 0 radical (unpaired) electrons. The monoisotopic (exact) mass is 482 g/mol. The third kappa shape index (κ3) is 3.72. The van der Waals surface area contributed by atoms with Crippen LogP contribution in [0.3, 0.4) is 0 Å². The average molecular weight is 483 g/mol. The Morgan fingerprint density at radius 2 is 1.58 bits per heavy atom. The summed E-state index contributed by atoms with van der Waals surface area (Å²) >= 11 is 0. The van der Waals surface area contributed by atoms with E-state index < -0.39 is 0 Å². The van der Waals surface area contributed by atoms with Crippen molar-refractivity contribution in [3.05, 3.63) is 83.6 Å². The number of benzene rings is 2. The van der Waals surface area contributed by atoms with Crippen LogP contribution in [0.1, 0.15) is 69.5 Å². The first-order valence-electron chi connectivity index (χ1n) is 13.8. The van der Waals surface area contributed by atoms with Gasteiger partial charge in [0.15, 0.2) is 5.78 Å². The van der Waals surface area contributed by atoms with E-state index >= 15 is 0 Å². The number of allylic oxidation sites excluding steroid dienone is 2. The number of hydrogen-bond donors (Lipinski definition) is 2. The second-order valence-electron chi connectivity index (χ2n) is 12.1. The zero-order valence-corrected chi connectivity index (χ0v) is 21.5. The van der Waals surface area contributed by atoms with Crippen molar-refractivity contribution in [2.24, 2.45) is 34.5 Å². The van der Waals surface area contributed by atoms with Crippen LogP contribution >= 0.6 is 0 Å². The smallest absolute Gasteiger partial charge is 0.224 e. The Balaban J connectivity index is 1.24. The Morgan fingerprint density at radius 3 is 2.25 bits per heavy atom. The number of fused-ring (bicyclic) bond motifs is 5. The number of carbonyl (C=O) groups excluding carboxylic acids is 2. The minimum Gasteiger partial charge on any atom is -0.387 e. The van der Waals surface area contributed by atoms with Crippen LogP contribution in [0, 0.1) is 34.5 Å². The van der Waals surface area contributed by atoms with E-state index in [0.717, 1.165) is 49.8 Å². The maximum atomic E-state index is 14.0. The predicted molar refractivity (Wildman–Crippen MR) is 142 cm³/mol. The largest absolute Gasteiger partial charge is 0.387 e. The van der Waals surface area contributed by atoms with Crippen LogP contribution < -0.4 is 10.6 Å². The maximum absolute atomic E-state index is 14.0. The van der Waals surface area contributed by atoms with E-state index in [0.29, 0.717) is 24.2 Å². The lowest BCUT2D eigenvalue weighted by Gasteiger charge is -2.58. The summed E-state index contributed by atoms with van der Waals surface area (Å²) in [7, 11) is 0. The first-order chi connectivity index (χ1) is 17.4. The minimum atomic E-state index is -0.137. The Labute approximate surface area is 214 Å². The fourth-order valence-corrected chi connectivity index (χ4v) is 8.47. The minimum absolute atomic E-state index is 0.0208. The van der Waals surface area contributed by atoms with Gasteiger partial charge in [-0.3, -0.25) is 9.59 Å². The normalized spacial score (nSPS) is 35.2. The third-order valence-electron chi connectivity index (χ3n) is 10.5. The van der Waals surface area contributed by atoms with Crippen LogP contribution in [-0.4, -0.2) is 18.2 Å². The Morgan fingerprint density at radius 1 is 0.917 bits per heavy atom. The zero-order valence-electron chi connectivity index (χ0n) is 21.5. The molecule has 1 amide bonds. The molecule has 2 aromatic rings. The molecule has 2 N–H and O–H groups in total. The van der Waals surface area contributed by atoms with Gasteiger partial charge in [-0.1, -0.05) is 74.5 Å². The van der Waals surface area contributed by atoms with E-state index in [4.69, 9.17) is 0 Å². The van der Waals surface area contributed by atoms with E-state index in [1.165, 1.54) is 5.70 Å². The van der Waals surface area contributed by atoms with Crippen LogP contribution in [0.15, 0.2) is 72.4 Å². The standard InChI is InChI=1S/C32H38N2O2/c1-31-18-16-26-24(20-33-28-19-23(35)15-17-32(26,28)2)25(31)13-14-27(31)30(36)34-29(21-9-5-3-6-10-21)22-11-7-4-8-12-22/h3-12,19,24-27,29,33H,13-18,20H2,1-2H3,(H,34,36)/t24-,25-,26+,27?,31-,32+/m0/s1. The molecule has 1 aliphatic heterocycles. The van der Waals surface area contributed by atoms with E-state index in [-0.39, 0.29) is 34.5 Å². The van der Waals surface area contributed by atoms with Crippen molar-refractivity contribution in [2.75, 3.05) is 6.54 Å². The highest BCUT2D eigenvalue weighted by molar-refractivity contribution is 5.91. The number of ketones is 1. The molecule has 188 valence electrons. The molecule has 4 aliphatic rings. The summed E-state index contributed by atoms with van der Waals surface area (Å²) < 4.78 is 0. The molecule has 1 unspecified atom stereocenters. The molecule has 2 saturated carbocycles. The van der Waals surface area contributed by atoms with Crippen molar-refractivity contribution in [1.29, 1.82) is 0 Å². The summed E-state index contributed by atoms with van der Waals surface area (Å²) in [5, 5.41) is 7.16. The SMILES string of the molecule is C[C@]12CCC(=O)C=C1NC[C@@H]1[C@H]2CC[C@]2(C)C(C(=O)NC(c3ccccc3)c3ccccc3)CC[C@@H]12. The molecule has 36 heavy (non-hydrogen) atoms. The highest BCUT2D eigenvalue weighted by Crippen LogP contribution is 2.64. The topological polar surface area (TPSA) is 58.2 Å². The highest BCUT2D eigenvalue weighted by Gasteiger charge is 2.60. The summed E-state index contributed by atoms with van der Waals surface area (Å²) in [6, 6.07) is 20.5. The van der Waals surface area contributed by atoms with E-state index in [1.807, 2.05) is 42.5 Å². The lowest BCUT2D eigenvalue weighted by Crippen LogP contribution is -2.57. The molecular formula is C32H38N2O2. The van der Waals surface area contributed by atoms with Gasteiger partial charge in [-0.25, -0.2) is 0 Å². The fourth-order valence-electron chi connectivity index (χ4n) is 8.47. The van der Waals surface area contributed by atoms with Crippen molar-refractivity contribution >= 4 is 11.7 Å². The molecule has 0 bridgehead atoms. The summed E-state index contributed by atoms with van der Waals surface area (Å²) in [6.07, 6.45) is 7.82. The third-order valence-corrected chi connectivity index (χ3v) is 10.5. The van der Waals surface area contributed by atoms with Gasteiger partial charge in [-0.05, 0) is 66.4 Å². The first kappa shape index (κ1) is 23.5. The molecule has 6 atom stereocenters. The van der Waals surface area contributed by atoms with Crippen LogP contribution in [0.25, 0.3) is 0 Å². The molecule has 1 heterocycles. The molecule has 4 heteroatoms. The molecule has 2 aromatic carbocycles. The molecule has 6 rings (SSSR count). The maximum Gasteiger partial charge on any atom is 0.224 e. The Hall–Kier alpha value is -2.88. The molecule has 1 saturated heterocycles. The van der Waals surface area contributed by atoms with E-state index in [1.54, 1.807) is 0 Å². The van der Waals surface area contributed by atoms with Gasteiger partial charge in [0.2, 0.25) is 5.91 Å². The molecule has 0 aromatic heterocycles. The summed E-state index contributed by atoms with van der Waals surface area (Å²) in [5.41, 5.74) is 3.51. The molecule has 4 nitrogen and oxygen atoms in total. The van der Waals surface area contributed by atoms with Crippen molar-refractivity contribution in [1.82, 2.24) is 10.6 Å². The van der Waals surface area contributed by atoms with Gasteiger partial charge in [0, 0.05) is 36.1 Å². The number of nitrogens with one attached hydrogen (secondary N) is 2. The van der Waals surface area contributed by atoms with Crippen LogP contribution in [-0.2, 0) is 9.59 Å². The van der Waals surface area contributed by atoms with Gasteiger partial charge in [0.1, 0.15) is 0 Å². The molecule has 3 fully saturated rings. The van der Waals surface area contributed by atoms with Gasteiger partial charge in [0.25, 0.3) is 0 Å². The average Bonchev–Trinajstić information content (AvgIpc) is 3.26. The van der Waals surface area contributed by atoms with Crippen molar-refractivity contribution < 1.29 is 9.59 Å². The lowest BCUT2D eigenvalue weighted by atomic mass is 9.50. The number of carbonyl (C=O) groups is 2. The molecule has 3 aliphatic carbocycles. The van der Waals surface area contributed by atoms with E-state index in [9.17, 15) is 9.59 Å².